The first-order valence-electron chi connectivity index (χ1n) is 5.50. The fourth-order valence-corrected chi connectivity index (χ4v) is 1.99. The lowest BCUT2D eigenvalue weighted by molar-refractivity contribution is 0.542. The molecule has 3 nitrogen and oxygen atoms in total. The normalized spacial score (nSPS) is 20.4. The number of nitrogens with zero attached hydrogens (tertiary/aromatic N) is 1. The van der Waals surface area contributed by atoms with Crippen LogP contribution in [0.3, 0.4) is 0 Å². The van der Waals surface area contributed by atoms with Crippen LogP contribution in [0, 0.1) is 5.82 Å². The van der Waals surface area contributed by atoms with E-state index >= 15 is 0 Å². The zero-order valence-corrected chi connectivity index (χ0v) is 9.33. The molecule has 0 radical (unpaired) electrons. The first-order chi connectivity index (χ1) is 7.70. The Morgan fingerprint density at radius 1 is 1.50 bits per heavy atom. The second-order valence-electron chi connectivity index (χ2n) is 4.01. The summed E-state index contributed by atoms with van der Waals surface area (Å²) in [7, 11) is 1.81. The maximum atomic E-state index is 13.7. The highest BCUT2D eigenvalue weighted by Gasteiger charge is 2.19. The maximum Gasteiger partial charge on any atom is 0.128 e. The molecule has 0 bridgehead atoms. The van der Waals surface area contributed by atoms with Crippen LogP contribution in [0.1, 0.15) is 30.9 Å². The lowest BCUT2D eigenvalue weighted by Crippen LogP contribution is -2.18. The summed E-state index contributed by atoms with van der Waals surface area (Å²) in [5.74, 6) is 0.424. The van der Waals surface area contributed by atoms with Gasteiger partial charge in [0.2, 0.25) is 0 Å². The molecule has 0 fully saturated rings. The van der Waals surface area contributed by atoms with E-state index in [4.69, 9.17) is 5.73 Å². The summed E-state index contributed by atoms with van der Waals surface area (Å²) in [5, 5.41) is 3.00. The van der Waals surface area contributed by atoms with Crippen LogP contribution in [0.25, 0.3) is 0 Å². The molecule has 0 aliphatic carbocycles. The zero-order valence-electron chi connectivity index (χ0n) is 9.33. The van der Waals surface area contributed by atoms with Crippen LogP contribution >= 0.6 is 0 Å². The summed E-state index contributed by atoms with van der Waals surface area (Å²) in [6.07, 6.45) is 2.66. The van der Waals surface area contributed by atoms with Crippen molar-refractivity contribution in [1.82, 2.24) is 0 Å². The minimum absolute atomic E-state index is 0.123. The van der Waals surface area contributed by atoms with Crippen molar-refractivity contribution in [3.05, 3.63) is 29.6 Å². The van der Waals surface area contributed by atoms with Crippen molar-refractivity contribution in [1.29, 1.82) is 0 Å². The summed E-state index contributed by atoms with van der Waals surface area (Å²) in [6.45, 7) is 0. The third-order valence-corrected chi connectivity index (χ3v) is 2.88. The fourth-order valence-electron chi connectivity index (χ4n) is 1.99. The van der Waals surface area contributed by atoms with Crippen molar-refractivity contribution < 1.29 is 4.39 Å². The van der Waals surface area contributed by atoms with Gasteiger partial charge in [-0.05, 0) is 31.0 Å². The highest BCUT2D eigenvalue weighted by atomic mass is 19.1. The van der Waals surface area contributed by atoms with E-state index in [1.807, 2.05) is 13.1 Å². The average molecular weight is 221 g/mol. The first-order valence-corrected chi connectivity index (χ1v) is 5.50. The summed E-state index contributed by atoms with van der Waals surface area (Å²) in [6, 6.07) is 4.88. The molecule has 1 aromatic carbocycles. The number of amidine groups is 1. The van der Waals surface area contributed by atoms with Gasteiger partial charge in [0.15, 0.2) is 0 Å². The highest BCUT2D eigenvalue weighted by molar-refractivity contribution is 5.81. The first kappa shape index (κ1) is 10.9. The number of rotatable bonds is 2. The van der Waals surface area contributed by atoms with Crippen LogP contribution in [0.15, 0.2) is 23.2 Å². The second-order valence-corrected chi connectivity index (χ2v) is 4.01. The van der Waals surface area contributed by atoms with Crippen LogP contribution < -0.4 is 11.1 Å². The van der Waals surface area contributed by atoms with Gasteiger partial charge in [0.1, 0.15) is 5.82 Å². The number of hydrogen-bond donors (Lipinski definition) is 2. The molecule has 16 heavy (non-hydrogen) atoms. The van der Waals surface area contributed by atoms with Gasteiger partial charge in [-0.25, -0.2) is 4.39 Å². The van der Waals surface area contributed by atoms with Gasteiger partial charge in [-0.2, -0.15) is 0 Å². The Balaban J connectivity index is 2.35. The van der Waals surface area contributed by atoms with E-state index in [-0.39, 0.29) is 11.9 Å². The van der Waals surface area contributed by atoms with Crippen molar-refractivity contribution in [2.45, 2.75) is 25.3 Å². The number of nitrogens with two attached hydrogens (primary N) is 1. The van der Waals surface area contributed by atoms with E-state index < -0.39 is 0 Å². The van der Waals surface area contributed by atoms with E-state index in [9.17, 15) is 4.39 Å². The van der Waals surface area contributed by atoms with Gasteiger partial charge in [0.25, 0.3) is 0 Å². The van der Waals surface area contributed by atoms with E-state index in [0.717, 1.165) is 24.9 Å². The van der Waals surface area contributed by atoms with Crippen molar-refractivity contribution in [3.8, 4) is 0 Å². The van der Waals surface area contributed by atoms with Crippen molar-refractivity contribution >= 4 is 11.5 Å². The quantitative estimate of drug-likeness (QED) is 0.806. The molecule has 2 rings (SSSR count). The predicted octanol–water partition coefficient (Wildman–Crippen LogP) is 2.45. The van der Waals surface area contributed by atoms with Crippen LogP contribution in [-0.2, 0) is 0 Å². The van der Waals surface area contributed by atoms with Crippen LogP contribution in [0.2, 0.25) is 0 Å². The Morgan fingerprint density at radius 2 is 2.31 bits per heavy atom. The lowest BCUT2D eigenvalue weighted by atomic mass is 9.97. The molecule has 0 amide bonds. The second kappa shape index (κ2) is 4.51. The molecule has 4 heteroatoms. The third-order valence-electron chi connectivity index (χ3n) is 2.88. The fraction of sp³-hybridized carbons (Fsp3) is 0.417. The van der Waals surface area contributed by atoms with Crippen molar-refractivity contribution in [2.24, 2.45) is 10.7 Å². The van der Waals surface area contributed by atoms with E-state index in [2.05, 4.69) is 10.3 Å². The smallest absolute Gasteiger partial charge is 0.128 e. The Kier molecular flexibility index (Phi) is 3.08. The summed E-state index contributed by atoms with van der Waals surface area (Å²) in [5.41, 5.74) is 7.23. The zero-order chi connectivity index (χ0) is 11.5. The van der Waals surface area contributed by atoms with Crippen LogP contribution in [0.5, 0.6) is 0 Å². The average Bonchev–Trinajstić information content (AvgIpc) is 2.30. The van der Waals surface area contributed by atoms with Crippen LogP contribution in [-0.4, -0.2) is 12.9 Å². The largest absolute Gasteiger partial charge is 0.388 e. The minimum atomic E-state index is -0.206. The number of hydrogen-bond acceptors (Lipinski definition) is 3. The van der Waals surface area contributed by atoms with Crippen molar-refractivity contribution in [3.63, 3.8) is 0 Å². The van der Waals surface area contributed by atoms with Gasteiger partial charge in [0, 0.05) is 24.7 Å². The van der Waals surface area contributed by atoms with Gasteiger partial charge in [-0.15, -0.1) is 0 Å². The number of benzene rings is 1. The van der Waals surface area contributed by atoms with E-state index in [1.54, 1.807) is 6.07 Å². The maximum absolute atomic E-state index is 13.7. The Bertz CT molecular complexity index is 415. The molecule has 0 saturated carbocycles. The van der Waals surface area contributed by atoms with Gasteiger partial charge < -0.3 is 11.1 Å². The summed E-state index contributed by atoms with van der Waals surface area (Å²) < 4.78 is 13.7. The Morgan fingerprint density at radius 3 is 3.00 bits per heavy atom. The standard InChI is InChI=1S/C12H16FN3/c1-15-8-5-6-10(13)9(7-8)11-3-2-4-12(14)16-11/h5-7,11,15H,2-4H2,1H3,(H2,14,16). The number of aliphatic imine (C=N–C) groups is 1. The summed E-state index contributed by atoms with van der Waals surface area (Å²) in [4.78, 5) is 4.32. The number of halogens is 1. The molecule has 1 heterocycles. The van der Waals surface area contributed by atoms with Gasteiger partial charge in [0.05, 0.1) is 11.9 Å². The van der Waals surface area contributed by atoms with Crippen LogP contribution in [0.4, 0.5) is 10.1 Å². The minimum Gasteiger partial charge on any atom is -0.388 e. The molecule has 0 spiro atoms. The topological polar surface area (TPSA) is 50.4 Å². The lowest BCUT2D eigenvalue weighted by Gasteiger charge is -2.19. The highest BCUT2D eigenvalue weighted by Crippen LogP contribution is 2.30. The molecule has 1 aliphatic heterocycles. The Labute approximate surface area is 94.6 Å². The molecular formula is C12H16FN3. The van der Waals surface area contributed by atoms with Crippen molar-refractivity contribution in [2.75, 3.05) is 12.4 Å². The van der Waals surface area contributed by atoms with Gasteiger partial charge >= 0.3 is 0 Å². The molecule has 1 atom stereocenters. The monoisotopic (exact) mass is 221 g/mol. The number of nitrogens with one attached hydrogen (secondary N) is 1. The molecular weight excluding hydrogens is 205 g/mol. The molecule has 1 aromatic rings. The molecule has 1 unspecified atom stereocenters. The molecule has 1 aliphatic rings. The number of anilines is 1. The Hall–Kier alpha value is -1.58. The molecule has 3 N–H and O–H groups in total. The molecule has 0 saturated heterocycles. The predicted molar refractivity (Wildman–Crippen MR) is 64.2 cm³/mol. The third kappa shape index (κ3) is 2.15. The molecule has 86 valence electrons. The SMILES string of the molecule is CNc1ccc(F)c(C2CCCC(N)=N2)c1. The van der Waals surface area contributed by atoms with Gasteiger partial charge in [-0.1, -0.05) is 0 Å². The van der Waals surface area contributed by atoms with E-state index in [1.165, 1.54) is 6.07 Å². The van der Waals surface area contributed by atoms with E-state index in [0.29, 0.717) is 11.4 Å². The van der Waals surface area contributed by atoms with Gasteiger partial charge in [-0.3, -0.25) is 4.99 Å². The molecule has 0 aromatic heterocycles. The summed E-state index contributed by atoms with van der Waals surface area (Å²) >= 11 is 0.